The summed E-state index contributed by atoms with van der Waals surface area (Å²) in [7, 11) is 0. The van der Waals surface area contributed by atoms with E-state index in [1.807, 2.05) is 0 Å². The molecule has 1 nitrogen and oxygen atoms in total. The molecular weight excluding hydrogens is 242 g/mol. The molecule has 0 spiro atoms. The second kappa shape index (κ2) is 6.13. The number of benzene rings is 2. The average Bonchev–Trinajstić information content (AvgIpc) is 2.45. The molecule has 0 atom stereocenters. The summed E-state index contributed by atoms with van der Waals surface area (Å²) in [5.41, 5.74) is 5.48. The zero-order chi connectivity index (χ0) is 14.6. The first-order valence-corrected chi connectivity index (χ1v) is 7.41. The highest BCUT2D eigenvalue weighted by Crippen LogP contribution is 2.23. The third-order valence-electron chi connectivity index (χ3n) is 3.68. The molecule has 0 aliphatic carbocycles. The predicted octanol–water partition coefficient (Wildman–Crippen LogP) is 5.16. The van der Waals surface area contributed by atoms with Crippen molar-refractivity contribution in [2.24, 2.45) is 0 Å². The van der Waals surface area contributed by atoms with Gasteiger partial charge in [0.05, 0.1) is 0 Å². The lowest BCUT2D eigenvalue weighted by Crippen LogP contribution is -2.10. The van der Waals surface area contributed by atoms with E-state index >= 15 is 0 Å². The van der Waals surface area contributed by atoms with Crippen molar-refractivity contribution in [3.05, 3.63) is 65.2 Å². The molecule has 0 bridgehead atoms. The van der Waals surface area contributed by atoms with Gasteiger partial charge >= 0.3 is 0 Å². The third kappa shape index (κ3) is 3.86. The lowest BCUT2D eigenvalue weighted by atomic mass is 9.87. The molecule has 0 radical (unpaired) electrons. The topological polar surface area (TPSA) is 12.0 Å². The van der Waals surface area contributed by atoms with Gasteiger partial charge in [0.1, 0.15) is 0 Å². The van der Waals surface area contributed by atoms with Crippen LogP contribution in [0.3, 0.4) is 0 Å². The van der Waals surface area contributed by atoms with Crippen LogP contribution in [0.1, 0.15) is 44.4 Å². The zero-order valence-corrected chi connectivity index (χ0v) is 13.0. The van der Waals surface area contributed by atoms with E-state index in [-0.39, 0.29) is 5.41 Å². The summed E-state index contributed by atoms with van der Waals surface area (Å²) in [6, 6.07) is 17.6. The van der Waals surface area contributed by atoms with Gasteiger partial charge in [-0.25, -0.2) is 0 Å². The Balaban J connectivity index is 1.96. The van der Waals surface area contributed by atoms with Gasteiger partial charge < -0.3 is 5.32 Å². The fourth-order valence-corrected chi connectivity index (χ4v) is 2.19. The summed E-state index contributed by atoms with van der Waals surface area (Å²) in [5, 5.41) is 3.48. The molecule has 2 aromatic rings. The van der Waals surface area contributed by atoms with Crippen LogP contribution in [0.5, 0.6) is 0 Å². The number of rotatable bonds is 4. The Hall–Kier alpha value is -1.76. The molecule has 0 aliphatic heterocycles. The second-order valence-corrected chi connectivity index (χ2v) is 6.35. The molecule has 2 rings (SSSR count). The Morgan fingerprint density at radius 2 is 1.35 bits per heavy atom. The first kappa shape index (κ1) is 14.6. The smallest absolute Gasteiger partial charge is 0.0400 e. The van der Waals surface area contributed by atoms with Gasteiger partial charge in [-0.05, 0) is 40.7 Å². The van der Waals surface area contributed by atoms with Crippen molar-refractivity contribution in [1.29, 1.82) is 0 Å². The van der Waals surface area contributed by atoms with Crippen molar-refractivity contribution in [3.63, 3.8) is 0 Å². The lowest BCUT2D eigenvalue weighted by Gasteiger charge is -2.19. The molecule has 106 valence electrons. The SMILES string of the molecule is CCc1ccc(CNc2ccc(C(C)(C)C)cc2)cc1. The van der Waals surface area contributed by atoms with Gasteiger partial charge in [-0.1, -0.05) is 64.1 Å². The minimum absolute atomic E-state index is 0.217. The Morgan fingerprint density at radius 3 is 1.85 bits per heavy atom. The maximum Gasteiger partial charge on any atom is 0.0400 e. The maximum atomic E-state index is 3.48. The number of hydrogen-bond acceptors (Lipinski definition) is 1. The largest absolute Gasteiger partial charge is 0.381 e. The Kier molecular flexibility index (Phi) is 4.49. The van der Waals surface area contributed by atoms with E-state index in [2.05, 4.69) is 81.5 Å². The van der Waals surface area contributed by atoms with E-state index in [0.29, 0.717) is 0 Å². The molecule has 0 unspecified atom stereocenters. The molecule has 0 amide bonds. The summed E-state index contributed by atoms with van der Waals surface area (Å²) < 4.78 is 0. The van der Waals surface area contributed by atoms with Gasteiger partial charge in [0.2, 0.25) is 0 Å². The van der Waals surface area contributed by atoms with Crippen LogP contribution in [-0.2, 0) is 18.4 Å². The predicted molar refractivity (Wildman–Crippen MR) is 88.3 cm³/mol. The Bertz CT molecular complexity index is 529. The van der Waals surface area contributed by atoms with Crippen LogP contribution in [0.2, 0.25) is 0 Å². The summed E-state index contributed by atoms with van der Waals surface area (Å²) in [6.45, 7) is 9.78. The molecule has 0 heterocycles. The maximum absolute atomic E-state index is 3.48. The van der Waals surface area contributed by atoms with Crippen LogP contribution in [-0.4, -0.2) is 0 Å². The van der Waals surface area contributed by atoms with E-state index in [1.165, 1.54) is 22.4 Å². The van der Waals surface area contributed by atoms with Gasteiger partial charge in [-0.15, -0.1) is 0 Å². The molecule has 0 aliphatic rings. The van der Waals surface area contributed by atoms with Crippen LogP contribution in [0.25, 0.3) is 0 Å². The summed E-state index contributed by atoms with van der Waals surface area (Å²) in [4.78, 5) is 0. The van der Waals surface area contributed by atoms with Crippen molar-refractivity contribution in [3.8, 4) is 0 Å². The van der Waals surface area contributed by atoms with Crippen molar-refractivity contribution in [1.82, 2.24) is 0 Å². The molecule has 0 aromatic heterocycles. The van der Waals surface area contributed by atoms with Crippen LogP contribution in [0.4, 0.5) is 5.69 Å². The summed E-state index contributed by atoms with van der Waals surface area (Å²) >= 11 is 0. The highest BCUT2D eigenvalue weighted by molar-refractivity contribution is 5.46. The van der Waals surface area contributed by atoms with Crippen LogP contribution in [0.15, 0.2) is 48.5 Å². The highest BCUT2D eigenvalue weighted by Gasteiger charge is 2.12. The molecule has 2 aromatic carbocycles. The molecule has 0 saturated heterocycles. The molecule has 1 N–H and O–H groups in total. The minimum atomic E-state index is 0.217. The zero-order valence-electron chi connectivity index (χ0n) is 13.0. The highest BCUT2D eigenvalue weighted by atomic mass is 14.9. The molecule has 20 heavy (non-hydrogen) atoms. The van der Waals surface area contributed by atoms with Gasteiger partial charge in [0.15, 0.2) is 0 Å². The van der Waals surface area contributed by atoms with E-state index in [9.17, 15) is 0 Å². The van der Waals surface area contributed by atoms with Gasteiger partial charge in [-0.3, -0.25) is 0 Å². The van der Waals surface area contributed by atoms with E-state index in [4.69, 9.17) is 0 Å². The summed E-state index contributed by atoms with van der Waals surface area (Å²) in [5.74, 6) is 0. The number of hydrogen-bond donors (Lipinski definition) is 1. The molecular formula is C19H25N. The van der Waals surface area contributed by atoms with Crippen molar-refractivity contribution < 1.29 is 0 Å². The fraction of sp³-hybridized carbons (Fsp3) is 0.368. The van der Waals surface area contributed by atoms with Gasteiger partial charge in [0, 0.05) is 12.2 Å². The average molecular weight is 267 g/mol. The van der Waals surface area contributed by atoms with Crippen molar-refractivity contribution in [2.75, 3.05) is 5.32 Å². The molecule has 0 saturated carbocycles. The van der Waals surface area contributed by atoms with Crippen LogP contribution < -0.4 is 5.32 Å². The standard InChI is InChI=1S/C19H25N/c1-5-15-6-8-16(9-7-15)14-20-18-12-10-17(11-13-18)19(2,3)4/h6-13,20H,5,14H2,1-4H3. The first-order valence-electron chi connectivity index (χ1n) is 7.41. The van der Waals surface area contributed by atoms with Gasteiger partial charge in [-0.2, -0.15) is 0 Å². The summed E-state index contributed by atoms with van der Waals surface area (Å²) in [6.07, 6.45) is 1.10. The second-order valence-electron chi connectivity index (χ2n) is 6.35. The normalized spacial score (nSPS) is 11.4. The third-order valence-corrected chi connectivity index (χ3v) is 3.68. The van der Waals surface area contributed by atoms with Gasteiger partial charge in [0.25, 0.3) is 0 Å². The minimum Gasteiger partial charge on any atom is -0.381 e. The van der Waals surface area contributed by atoms with Crippen LogP contribution >= 0.6 is 0 Å². The monoisotopic (exact) mass is 267 g/mol. The number of nitrogens with one attached hydrogen (secondary N) is 1. The Morgan fingerprint density at radius 1 is 0.800 bits per heavy atom. The lowest BCUT2D eigenvalue weighted by molar-refractivity contribution is 0.590. The van der Waals surface area contributed by atoms with Crippen molar-refractivity contribution in [2.45, 2.75) is 46.1 Å². The number of anilines is 1. The first-order chi connectivity index (χ1) is 9.49. The van der Waals surface area contributed by atoms with E-state index < -0.39 is 0 Å². The van der Waals surface area contributed by atoms with Crippen LogP contribution in [0, 0.1) is 0 Å². The van der Waals surface area contributed by atoms with E-state index in [0.717, 1.165) is 13.0 Å². The Labute approximate surface area is 123 Å². The quantitative estimate of drug-likeness (QED) is 0.807. The molecule has 0 fully saturated rings. The number of aryl methyl sites for hydroxylation is 1. The van der Waals surface area contributed by atoms with E-state index in [1.54, 1.807) is 0 Å². The molecule has 1 heteroatoms. The fourth-order valence-electron chi connectivity index (χ4n) is 2.19. The van der Waals surface area contributed by atoms with Crippen molar-refractivity contribution >= 4 is 5.69 Å².